The number of pyridine rings is 1. The predicted molar refractivity (Wildman–Crippen MR) is 78.6 cm³/mol. The Balaban J connectivity index is 1.84. The van der Waals surface area contributed by atoms with E-state index in [0.717, 1.165) is 0 Å². The fraction of sp³-hybridized carbons (Fsp3) is 0.562. The minimum absolute atomic E-state index is 0.610. The molecule has 0 amide bonds. The van der Waals surface area contributed by atoms with Crippen LogP contribution >= 0.6 is 0 Å². The van der Waals surface area contributed by atoms with Crippen LogP contribution in [0, 0.1) is 6.92 Å². The average molecular weight is 257 g/mol. The first kappa shape index (κ1) is 12.7. The molecule has 3 heterocycles. The summed E-state index contributed by atoms with van der Waals surface area (Å²) in [6, 6.07) is 4.98. The van der Waals surface area contributed by atoms with Crippen LogP contribution in [0.2, 0.25) is 0 Å². The molecule has 2 aromatic heterocycles. The Morgan fingerprint density at radius 3 is 2.63 bits per heavy atom. The van der Waals surface area contributed by atoms with Crippen molar-refractivity contribution in [3.05, 3.63) is 35.9 Å². The van der Waals surface area contributed by atoms with E-state index in [1.165, 1.54) is 42.8 Å². The molecule has 0 spiro atoms. The van der Waals surface area contributed by atoms with Gasteiger partial charge in [0.25, 0.3) is 0 Å². The van der Waals surface area contributed by atoms with E-state index in [0.29, 0.717) is 12.0 Å². The number of aryl methyl sites for hydroxylation is 1. The van der Waals surface area contributed by atoms with Crippen LogP contribution in [-0.2, 0) is 0 Å². The maximum absolute atomic E-state index is 4.67. The van der Waals surface area contributed by atoms with E-state index in [-0.39, 0.29) is 0 Å². The number of nitrogens with zero attached hydrogens (tertiary/aromatic N) is 3. The number of imidazole rings is 1. The summed E-state index contributed by atoms with van der Waals surface area (Å²) in [6.07, 6.45) is 6.67. The SMILES string of the molecule is Cc1ccc2cnc(C3CCN(C(C)C)CC3)n2c1. The van der Waals surface area contributed by atoms with Gasteiger partial charge in [-0.1, -0.05) is 6.07 Å². The van der Waals surface area contributed by atoms with E-state index in [1.807, 2.05) is 6.20 Å². The van der Waals surface area contributed by atoms with Crippen molar-refractivity contribution in [3.63, 3.8) is 0 Å². The normalized spacial score (nSPS) is 18.5. The smallest absolute Gasteiger partial charge is 0.116 e. The van der Waals surface area contributed by atoms with Gasteiger partial charge in [-0.3, -0.25) is 0 Å². The molecule has 3 rings (SSSR count). The molecule has 0 bridgehead atoms. The molecule has 0 saturated carbocycles. The van der Waals surface area contributed by atoms with Crippen LogP contribution in [0.3, 0.4) is 0 Å². The molecule has 0 unspecified atom stereocenters. The van der Waals surface area contributed by atoms with Gasteiger partial charge < -0.3 is 9.30 Å². The van der Waals surface area contributed by atoms with Crippen LogP contribution in [0.4, 0.5) is 0 Å². The lowest BCUT2D eigenvalue weighted by atomic mass is 9.95. The molecule has 1 fully saturated rings. The van der Waals surface area contributed by atoms with Crippen LogP contribution in [0.15, 0.2) is 24.5 Å². The molecule has 19 heavy (non-hydrogen) atoms. The van der Waals surface area contributed by atoms with E-state index >= 15 is 0 Å². The molecule has 1 aliphatic heterocycles. The van der Waals surface area contributed by atoms with Gasteiger partial charge in [0.05, 0.1) is 11.7 Å². The van der Waals surface area contributed by atoms with Crippen molar-refractivity contribution in [1.29, 1.82) is 0 Å². The highest BCUT2D eigenvalue weighted by Crippen LogP contribution is 2.28. The first-order valence-electron chi connectivity index (χ1n) is 7.33. The lowest BCUT2D eigenvalue weighted by Crippen LogP contribution is -2.38. The Bertz CT molecular complexity index is 562. The van der Waals surface area contributed by atoms with Crippen molar-refractivity contribution >= 4 is 5.52 Å². The van der Waals surface area contributed by atoms with Crippen molar-refractivity contribution in [2.75, 3.05) is 13.1 Å². The second-order valence-corrected chi connectivity index (χ2v) is 6.02. The van der Waals surface area contributed by atoms with Crippen LogP contribution in [0.25, 0.3) is 5.52 Å². The van der Waals surface area contributed by atoms with Crippen molar-refractivity contribution < 1.29 is 0 Å². The number of hydrogen-bond acceptors (Lipinski definition) is 2. The van der Waals surface area contributed by atoms with Crippen molar-refractivity contribution in [2.24, 2.45) is 0 Å². The molecule has 2 aromatic rings. The summed E-state index contributed by atoms with van der Waals surface area (Å²) >= 11 is 0. The highest BCUT2D eigenvalue weighted by Gasteiger charge is 2.24. The maximum atomic E-state index is 4.67. The average Bonchev–Trinajstić information content (AvgIpc) is 2.81. The Labute approximate surface area is 115 Å². The van der Waals surface area contributed by atoms with Crippen LogP contribution < -0.4 is 0 Å². The van der Waals surface area contributed by atoms with Gasteiger partial charge in [0, 0.05) is 18.2 Å². The molecule has 0 aromatic carbocycles. The van der Waals surface area contributed by atoms with Crippen LogP contribution in [-0.4, -0.2) is 33.4 Å². The topological polar surface area (TPSA) is 20.5 Å². The van der Waals surface area contributed by atoms with Gasteiger partial charge in [0.15, 0.2) is 0 Å². The van der Waals surface area contributed by atoms with Gasteiger partial charge in [-0.05, 0) is 58.3 Å². The first-order valence-corrected chi connectivity index (χ1v) is 7.33. The molecule has 0 radical (unpaired) electrons. The Morgan fingerprint density at radius 2 is 1.95 bits per heavy atom. The number of fused-ring (bicyclic) bond motifs is 1. The second kappa shape index (κ2) is 4.97. The molecule has 3 heteroatoms. The summed E-state index contributed by atoms with van der Waals surface area (Å²) < 4.78 is 2.28. The lowest BCUT2D eigenvalue weighted by Gasteiger charge is -2.34. The van der Waals surface area contributed by atoms with E-state index in [4.69, 9.17) is 0 Å². The zero-order valence-electron chi connectivity index (χ0n) is 12.1. The third-order valence-corrected chi connectivity index (χ3v) is 4.33. The van der Waals surface area contributed by atoms with E-state index in [2.05, 4.69) is 53.4 Å². The Morgan fingerprint density at radius 1 is 1.21 bits per heavy atom. The van der Waals surface area contributed by atoms with E-state index < -0.39 is 0 Å². The molecule has 0 atom stereocenters. The Hall–Kier alpha value is -1.35. The number of piperidine rings is 1. The summed E-state index contributed by atoms with van der Waals surface area (Å²) in [5.74, 6) is 1.86. The number of likely N-dealkylation sites (tertiary alicyclic amines) is 1. The summed E-state index contributed by atoms with van der Waals surface area (Å²) in [5, 5.41) is 0. The fourth-order valence-corrected chi connectivity index (χ4v) is 3.09. The number of rotatable bonds is 2. The summed E-state index contributed by atoms with van der Waals surface area (Å²) in [6.45, 7) is 9.11. The van der Waals surface area contributed by atoms with Crippen molar-refractivity contribution in [2.45, 2.75) is 45.6 Å². The lowest BCUT2D eigenvalue weighted by molar-refractivity contribution is 0.169. The highest BCUT2D eigenvalue weighted by molar-refractivity contribution is 5.47. The molecule has 3 nitrogen and oxygen atoms in total. The molecule has 1 saturated heterocycles. The summed E-state index contributed by atoms with van der Waals surface area (Å²) in [4.78, 5) is 7.24. The minimum atomic E-state index is 0.610. The second-order valence-electron chi connectivity index (χ2n) is 6.02. The van der Waals surface area contributed by atoms with Gasteiger partial charge in [0.2, 0.25) is 0 Å². The van der Waals surface area contributed by atoms with Gasteiger partial charge >= 0.3 is 0 Å². The molecular weight excluding hydrogens is 234 g/mol. The van der Waals surface area contributed by atoms with Crippen molar-refractivity contribution in [1.82, 2.24) is 14.3 Å². The number of aromatic nitrogens is 2. The monoisotopic (exact) mass is 257 g/mol. The first-order chi connectivity index (χ1) is 9.15. The zero-order chi connectivity index (χ0) is 13.4. The van der Waals surface area contributed by atoms with Gasteiger partial charge in [-0.25, -0.2) is 4.98 Å². The van der Waals surface area contributed by atoms with Gasteiger partial charge in [0.1, 0.15) is 5.82 Å². The van der Waals surface area contributed by atoms with Gasteiger partial charge in [-0.2, -0.15) is 0 Å². The fourth-order valence-electron chi connectivity index (χ4n) is 3.09. The van der Waals surface area contributed by atoms with E-state index in [1.54, 1.807) is 0 Å². The number of hydrogen-bond donors (Lipinski definition) is 0. The predicted octanol–water partition coefficient (Wildman–Crippen LogP) is 3.23. The van der Waals surface area contributed by atoms with E-state index in [9.17, 15) is 0 Å². The molecule has 102 valence electrons. The molecule has 0 aliphatic carbocycles. The summed E-state index contributed by atoms with van der Waals surface area (Å²) in [7, 11) is 0. The third kappa shape index (κ3) is 2.39. The maximum Gasteiger partial charge on any atom is 0.116 e. The Kier molecular flexibility index (Phi) is 3.31. The zero-order valence-corrected chi connectivity index (χ0v) is 12.1. The van der Waals surface area contributed by atoms with Gasteiger partial charge in [-0.15, -0.1) is 0 Å². The summed E-state index contributed by atoms with van der Waals surface area (Å²) in [5.41, 5.74) is 2.51. The van der Waals surface area contributed by atoms with Crippen LogP contribution in [0.1, 0.15) is 44.0 Å². The standard InChI is InChI=1S/C16H23N3/c1-12(2)18-8-6-14(7-9-18)16-17-10-15-5-4-13(3)11-19(15)16/h4-5,10-12,14H,6-9H2,1-3H3. The minimum Gasteiger partial charge on any atom is -0.303 e. The molecular formula is C16H23N3. The quantitative estimate of drug-likeness (QED) is 0.823. The molecule has 0 N–H and O–H groups in total. The highest BCUT2D eigenvalue weighted by atomic mass is 15.2. The largest absolute Gasteiger partial charge is 0.303 e. The third-order valence-electron chi connectivity index (χ3n) is 4.33. The van der Waals surface area contributed by atoms with Crippen molar-refractivity contribution in [3.8, 4) is 0 Å². The van der Waals surface area contributed by atoms with Crippen LogP contribution in [0.5, 0.6) is 0 Å². The molecule has 1 aliphatic rings.